The van der Waals surface area contributed by atoms with Gasteiger partial charge in [0.1, 0.15) is 0 Å². The van der Waals surface area contributed by atoms with Gasteiger partial charge >= 0.3 is 0 Å². The molecule has 0 bridgehead atoms. The molecule has 0 radical (unpaired) electrons. The van der Waals surface area contributed by atoms with Crippen LogP contribution >= 0.6 is 0 Å². The molecule has 0 unspecified atom stereocenters. The van der Waals surface area contributed by atoms with Crippen molar-refractivity contribution in [2.75, 3.05) is 19.7 Å². The smallest absolute Gasteiger partial charge is 0.0730 e. The molecule has 1 aliphatic heterocycles. The topological polar surface area (TPSA) is 30.3 Å². The number of ether oxygens (including phenoxy) is 1. The van der Waals surface area contributed by atoms with Crippen molar-refractivity contribution in [2.45, 2.75) is 57.7 Å². The van der Waals surface area contributed by atoms with Crippen LogP contribution in [-0.4, -0.2) is 46.5 Å². The lowest BCUT2D eigenvalue weighted by atomic mass is 9.90. The van der Waals surface area contributed by atoms with Gasteiger partial charge in [0.2, 0.25) is 0 Å². The molecule has 4 heteroatoms. The van der Waals surface area contributed by atoms with Gasteiger partial charge in [-0.05, 0) is 25.8 Å². The molecule has 2 heterocycles. The molecule has 106 valence electrons. The first-order valence-electron chi connectivity index (χ1n) is 7.75. The number of nitrogens with zero attached hydrogens (tertiary/aromatic N) is 3. The van der Waals surface area contributed by atoms with Crippen molar-refractivity contribution in [3.8, 4) is 0 Å². The number of morpholine rings is 1. The molecule has 19 heavy (non-hydrogen) atoms. The van der Waals surface area contributed by atoms with E-state index < -0.39 is 0 Å². The Kier molecular flexibility index (Phi) is 4.18. The van der Waals surface area contributed by atoms with Gasteiger partial charge < -0.3 is 4.74 Å². The van der Waals surface area contributed by atoms with Crippen LogP contribution in [0.2, 0.25) is 0 Å². The third-order valence-corrected chi connectivity index (χ3v) is 4.61. The SMILES string of the molecule is CCn1nccc1CCN1CCO[C@H]2CCCC[C@@H]21. The van der Waals surface area contributed by atoms with Crippen molar-refractivity contribution < 1.29 is 4.74 Å². The molecule has 3 rings (SSSR count). The van der Waals surface area contributed by atoms with Crippen molar-refractivity contribution >= 4 is 0 Å². The molecule has 1 saturated heterocycles. The second-order valence-electron chi connectivity index (χ2n) is 5.69. The first-order valence-corrected chi connectivity index (χ1v) is 7.75. The summed E-state index contributed by atoms with van der Waals surface area (Å²) in [5, 5.41) is 4.35. The Morgan fingerprint density at radius 1 is 1.37 bits per heavy atom. The summed E-state index contributed by atoms with van der Waals surface area (Å²) in [4.78, 5) is 2.65. The highest BCUT2D eigenvalue weighted by molar-refractivity contribution is 5.01. The molecule has 0 N–H and O–H groups in total. The van der Waals surface area contributed by atoms with Gasteiger partial charge in [0, 0.05) is 44.0 Å². The van der Waals surface area contributed by atoms with Crippen LogP contribution in [0.15, 0.2) is 12.3 Å². The number of fused-ring (bicyclic) bond motifs is 1. The van der Waals surface area contributed by atoms with Crippen molar-refractivity contribution in [1.29, 1.82) is 0 Å². The van der Waals surface area contributed by atoms with E-state index in [0.29, 0.717) is 12.1 Å². The van der Waals surface area contributed by atoms with Crippen LogP contribution < -0.4 is 0 Å². The zero-order valence-electron chi connectivity index (χ0n) is 11.9. The molecule has 4 nitrogen and oxygen atoms in total. The molecule has 1 aliphatic carbocycles. The van der Waals surface area contributed by atoms with Gasteiger partial charge in [0.05, 0.1) is 12.7 Å². The van der Waals surface area contributed by atoms with Gasteiger partial charge in [-0.2, -0.15) is 5.10 Å². The molecular formula is C15H25N3O. The quantitative estimate of drug-likeness (QED) is 0.833. The monoisotopic (exact) mass is 263 g/mol. The van der Waals surface area contributed by atoms with E-state index in [1.807, 2.05) is 6.20 Å². The highest BCUT2D eigenvalue weighted by Crippen LogP contribution is 2.28. The first kappa shape index (κ1) is 13.1. The average Bonchev–Trinajstić information content (AvgIpc) is 2.92. The van der Waals surface area contributed by atoms with E-state index in [1.54, 1.807) is 0 Å². The highest BCUT2D eigenvalue weighted by atomic mass is 16.5. The molecule has 1 aromatic heterocycles. The van der Waals surface area contributed by atoms with Crippen molar-refractivity contribution in [3.05, 3.63) is 18.0 Å². The van der Waals surface area contributed by atoms with E-state index in [-0.39, 0.29) is 0 Å². The Labute approximate surface area is 115 Å². The lowest BCUT2D eigenvalue weighted by Gasteiger charge is -2.43. The van der Waals surface area contributed by atoms with Crippen LogP contribution in [-0.2, 0) is 17.7 Å². The lowest BCUT2D eigenvalue weighted by molar-refractivity contribution is -0.0876. The van der Waals surface area contributed by atoms with Crippen molar-refractivity contribution in [1.82, 2.24) is 14.7 Å². The van der Waals surface area contributed by atoms with E-state index in [4.69, 9.17) is 4.74 Å². The second-order valence-corrected chi connectivity index (χ2v) is 5.69. The maximum absolute atomic E-state index is 5.93. The van der Waals surface area contributed by atoms with Crippen LogP contribution in [0.3, 0.4) is 0 Å². The molecule has 0 amide bonds. The van der Waals surface area contributed by atoms with Crippen molar-refractivity contribution in [3.63, 3.8) is 0 Å². The predicted octanol–water partition coefficient (Wildman–Crippen LogP) is 2.09. The highest BCUT2D eigenvalue weighted by Gasteiger charge is 2.33. The van der Waals surface area contributed by atoms with Gasteiger partial charge in [0.15, 0.2) is 0 Å². The number of aryl methyl sites for hydroxylation is 1. The van der Waals surface area contributed by atoms with Crippen LogP contribution in [0, 0.1) is 0 Å². The standard InChI is InChI=1S/C15H25N3O/c1-2-18-13(7-9-16-18)8-10-17-11-12-19-15-6-4-3-5-14(15)17/h7,9,14-15H,2-6,8,10-12H2,1H3/t14-,15-/m0/s1. The zero-order chi connectivity index (χ0) is 13.1. The van der Waals surface area contributed by atoms with Crippen molar-refractivity contribution in [2.24, 2.45) is 0 Å². The summed E-state index contributed by atoms with van der Waals surface area (Å²) in [6, 6.07) is 2.82. The summed E-state index contributed by atoms with van der Waals surface area (Å²) in [6.07, 6.45) is 8.81. The molecule has 0 aromatic carbocycles. The maximum atomic E-state index is 5.93. The predicted molar refractivity (Wildman–Crippen MR) is 75.2 cm³/mol. The minimum atomic E-state index is 0.499. The van der Waals surface area contributed by atoms with Gasteiger partial charge in [0.25, 0.3) is 0 Å². The van der Waals surface area contributed by atoms with Crippen LogP contribution in [0.1, 0.15) is 38.3 Å². The van der Waals surface area contributed by atoms with Gasteiger partial charge in [-0.1, -0.05) is 12.8 Å². The van der Waals surface area contributed by atoms with Crippen LogP contribution in [0.25, 0.3) is 0 Å². The Hall–Kier alpha value is -0.870. The fraction of sp³-hybridized carbons (Fsp3) is 0.800. The maximum Gasteiger partial charge on any atom is 0.0730 e. The van der Waals surface area contributed by atoms with Crippen LogP contribution in [0.5, 0.6) is 0 Å². The third-order valence-electron chi connectivity index (χ3n) is 4.61. The summed E-state index contributed by atoms with van der Waals surface area (Å²) in [5.41, 5.74) is 1.36. The molecule has 0 spiro atoms. The fourth-order valence-electron chi connectivity index (χ4n) is 3.57. The third kappa shape index (κ3) is 2.84. The van der Waals surface area contributed by atoms with Crippen LogP contribution in [0.4, 0.5) is 0 Å². The van der Waals surface area contributed by atoms with E-state index in [2.05, 4.69) is 27.7 Å². The Morgan fingerprint density at radius 2 is 2.26 bits per heavy atom. The summed E-state index contributed by atoms with van der Waals surface area (Å²) in [5.74, 6) is 0. The zero-order valence-corrected chi connectivity index (χ0v) is 11.9. The fourth-order valence-corrected chi connectivity index (χ4v) is 3.57. The second kappa shape index (κ2) is 6.06. The summed E-state index contributed by atoms with van der Waals surface area (Å²) in [6.45, 7) is 6.28. The summed E-state index contributed by atoms with van der Waals surface area (Å²) >= 11 is 0. The number of hydrogen-bond acceptors (Lipinski definition) is 3. The molecule has 2 aliphatic rings. The molecular weight excluding hydrogens is 238 g/mol. The molecule has 1 saturated carbocycles. The van der Waals surface area contributed by atoms with Gasteiger partial charge in [-0.15, -0.1) is 0 Å². The van der Waals surface area contributed by atoms with Gasteiger partial charge in [-0.3, -0.25) is 9.58 Å². The molecule has 2 atom stereocenters. The van der Waals surface area contributed by atoms with E-state index >= 15 is 0 Å². The number of hydrogen-bond donors (Lipinski definition) is 0. The number of aromatic nitrogens is 2. The Bertz CT molecular complexity index is 402. The normalized spacial score (nSPS) is 28.3. The summed E-state index contributed by atoms with van der Waals surface area (Å²) < 4.78 is 8.04. The summed E-state index contributed by atoms with van der Waals surface area (Å²) in [7, 11) is 0. The largest absolute Gasteiger partial charge is 0.375 e. The Morgan fingerprint density at radius 3 is 3.16 bits per heavy atom. The Balaban J connectivity index is 1.59. The minimum absolute atomic E-state index is 0.499. The van der Waals surface area contributed by atoms with Gasteiger partial charge in [-0.25, -0.2) is 0 Å². The molecule has 1 aromatic rings. The van der Waals surface area contributed by atoms with E-state index in [9.17, 15) is 0 Å². The minimum Gasteiger partial charge on any atom is -0.375 e. The molecule has 2 fully saturated rings. The number of rotatable bonds is 4. The average molecular weight is 263 g/mol. The first-order chi connectivity index (χ1) is 9.38. The lowest BCUT2D eigenvalue weighted by Crippen LogP contribution is -2.53. The van der Waals surface area contributed by atoms with E-state index in [0.717, 1.165) is 32.7 Å². The van der Waals surface area contributed by atoms with E-state index in [1.165, 1.54) is 31.4 Å².